The van der Waals surface area contributed by atoms with Gasteiger partial charge in [0.05, 0.1) is 9.26 Å². The highest BCUT2D eigenvalue weighted by Gasteiger charge is 2.16. The van der Waals surface area contributed by atoms with Crippen molar-refractivity contribution in [3.63, 3.8) is 0 Å². The molecule has 0 unspecified atom stereocenters. The second kappa shape index (κ2) is 6.17. The molecule has 0 radical (unpaired) electrons. The third-order valence-electron chi connectivity index (χ3n) is 2.78. The monoisotopic (exact) mass is 431 g/mol. The molecule has 0 amide bonds. The molecule has 2 rings (SSSR count). The van der Waals surface area contributed by atoms with Crippen LogP contribution in [0.4, 0.5) is 5.82 Å². The summed E-state index contributed by atoms with van der Waals surface area (Å²) in [6.07, 6.45) is 0. The van der Waals surface area contributed by atoms with Crippen molar-refractivity contribution in [2.45, 2.75) is 19.8 Å². The second-order valence-electron chi connectivity index (χ2n) is 4.48. The molecule has 0 aliphatic rings. The number of nitrogens with zero attached hydrogens (tertiary/aromatic N) is 2. The van der Waals surface area contributed by atoms with Crippen LogP contribution < -0.4 is 5.32 Å². The van der Waals surface area contributed by atoms with Crippen molar-refractivity contribution in [1.82, 2.24) is 9.97 Å². The topological polar surface area (TPSA) is 37.8 Å². The summed E-state index contributed by atoms with van der Waals surface area (Å²) in [5.41, 5.74) is 2.09. The summed E-state index contributed by atoms with van der Waals surface area (Å²) in [4.78, 5) is 9.33. The maximum absolute atomic E-state index is 4.72. The van der Waals surface area contributed by atoms with E-state index >= 15 is 0 Å². The zero-order valence-electron chi connectivity index (χ0n) is 11.0. The highest BCUT2D eigenvalue weighted by atomic mass is 127. The fourth-order valence-electron chi connectivity index (χ4n) is 1.78. The van der Waals surface area contributed by atoms with Crippen molar-refractivity contribution >= 4 is 44.3 Å². The summed E-state index contributed by atoms with van der Waals surface area (Å²) in [6.45, 7) is 4.29. The molecule has 100 valence electrons. The minimum absolute atomic E-state index is 0.364. The standard InChI is InChI=1S/C14H15BrIN3/c1-8(2)12-11(16)14(17-3)19-13(18-12)9-6-4-5-7-10(9)15/h4-8H,1-3H3,(H,17,18,19). The Bertz CT molecular complexity index is 599. The first kappa shape index (κ1) is 14.7. The van der Waals surface area contributed by atoms with E-state index in [0.717, 1.165) is 30.9 Å². The minimum atomic E-state index is 0.364. The van der Waals surface area contributed by atoms with Crippen LogP contribution in [0.15, 0.2) is 28.7 Å². The molecule has 5 heteroatoms. The van der Waals surface area contributed by atoms with E-state index in [1.165, 1.54) is 0 Å². The molecule has 0 fully saturated rings. The van der Waals surface area contributed by atoms with E-state index in [0.29, 0.717) is 5.92 Å². The van der Waals surface area contributed by atoms with E-state index in [9.17, 15) is 0 Å². The van der Waals surface area contributed by atoms with Crippen molar-refractivity contribution in [1.29, 1.82) is 0 Å². The molecular formula is C14H15BrIN3. The normalized spacial score (nSPS) is 10.8. The Kier molecular flexibility index (Phi) is 4.78. The van der Waals surface area contributed by atoms with Gasteiger partial charge in [-0.05, 0) is 34.6 Å². The van der Waals surface area contributed by atoms with E-state index in [4.69, 9.17) is 4.98 Å². The number of halogens is 2. The van der Waals surface area contributed by atoms with Gasteiger partial charge in [-0.3, -0.25) is 0 Å². The smallest absolute Gasteiger partial charge is 0.162 e. The predicted molar refractivity (Wildman–Crippen MR) is 91.5 cm³/mol. The van der Waals surface area contributed by atoms with Gasteiger partial charge in [0, 0.05) is 17.1 Å². The molecule has 0 aliphatic heterocycles. The molecule has 0 saturated heterocycles. The number of rotatable bonds is 3. The zero-order valence-corrected chi connectivity index (χ0v) is 14.8. The first-order valence-electron chi connectivity index (χ1n) is 6.04. The van der Waals surface area contributed by atoms with Gasteiger partial charge in [0.1, 0.15) is 5.82 Å². The van der Waals surface area contributed by atoms with Crippen molar-refractivity contribution in [3.05, 3.63) is 38.0 Å². The second-order valence-corrected chi connectivity index (χ2v) is 6.41. The summed E-state index contributed by atoms with van der Waals surface area (Å²) in [5.74, 6) is 1.99. The van der Waals surface area contributed by atoms with E-state index in [-0.39, 0.29) is 0 Å². The van der Waals surface area contributed by atoms with Gasteiger partial charge < -0.3 is 5.32 Å². The number of hydrogen-bond donors (Lipinski definition) is 1. The number of aromatic nitrogens is 2. The van der Waals surface area contributed by atoms with Crippen molar-refractivity contribution < 1.29 is 0 Å². The van der Waals surface area contributed by atoms with Gasteiger partial charge in [-0.25, -0.2) is 9.97 Å². The minimum Gasteiger partial charge on any atom is -0.372 e. The Morgan fingerprint density at radius 3 is 2.47 bits per heavy atom. The van der Waals surface area contributed by atoms with Crippen LogP contribution in [0.1, 0.15) is 25.5 Å². The van der Waals surface area contributed by atoms with E-state index < -0.39 is 0 Å². The average Bonchev–Trinajstić information content (AvgIpc) is 2.39. The summed E-state index contributed by atoms with van der Waals surface area (Å²) in [5, 5.41) is 3.15. The van der Waals surface area contributed by atoms with Crippen LogP contribution in [0.5, 0.6) is 0 Å². The van der Waals surface area contributed by atoms with Gasteiger partial charge in [0.2, 0.25) is 0 Å². The van der Waals surface area contributed by atoms with E-state index in [2.05, 4.69) is 62.7 Å². The van der Waals surface area contributed by atoms with Crippen molar-refractivity contribution in [2.75, 3.05) is 12.4 Å². The van der Waals surface area contributed by atoms with Crippen LogP contribution in [-0.2, 0) is 0 Å². The van der Waals surface area contributed by atoms with Crippen LogP contribution in [0.25, 0.3) is 11.4 Å². The Labute approximate surface area is 135 Å². The summed E-state index contributed by atoms with van der Waals surface area (Å²) in [7, 11) is 1.89. The van der Waals surface area contributed by atoms with Crippen LogP contribution in [0, 0.1) is 3.57 Å². The lowest BCUT2D eigenvalue weighted by atomic mass is 10.1. The molecule has 19 heavy (non-hydrogen) atoms. The van der Waals surface area contributed by atoms with Gasteiger partial charge in [-0.15, -0.1) is 0 Å². The van der Waals surface area contributed by atoms with Crippen molar-refractivity contribution in [3.8, 4) is 11.4 Å². The van der Waals surface area contributed by atoms with Crippen LogP contribution in [-0.4, -0.2) is 17.0 Å². The van der Waals surface area contributed by atoms with E-state index in [1.54, 1.807) is 0 Å². The quantitative estimate of drug-likeness (QED) is 0.717. The summed E-state index contributed by atoms with van der Waals surface area (Å²) in [6, 6.07) is 8.01. The third kappa shape index (κ3) is 3.08. The van der Waals surface area contributed by atoms with Crippen LogP contribution in [0.2, 0.25) is 0 Å². The van der Waals surface area contributed by atoms with Crippen LogP contribution in [0.3, 0.4) is 0 Å². The molecule has 1 aromatic carbocycles. The Morgan fingerprint density at radius 1 is 1.21 bits per heavy atom. The Hall–Kier alpha value is -0.690. The number of benzene rings is 1. The fourth-order valence-corrected chi connectivity index (χ4v) is 3.37. The molecule has 1 aromatic heterocycles. The van der Waals surface area contributed by atoms with Crippen molar-refractivity contribution in [2.24, 2.45) is 0 Å². The molecular weight excluding hydrogens is 417 g/mol. The number of anilines is 1. The maximum Gasteiger partial charge on any atom is 0.162 e. The fraction of sp³-hybridized carbons (Fsp3) is 0.286. The largest absolute Gasteiger partial charge is 0.372 e. The van der Waals surface area contributed by atoms with Gasteiger partial charge in [0.25, 0.3) is 0 Å². The molecule has 0 saturated carbocycles. The molecule has 3 nitrogen and oxygen atoms in total. The molecule has 0 bridgehead atoms. The average molecular weight is 432 g/mol. The third-order valence-corrected chi connectivity index (χ3v) is 4.53. The Morgan fingerprint density at radius 2 is 1.89 bits per heavy atom. The first-order valence-corrected chi connectivity index (χ1v) is 7.91. The molecule has 0 spiro atoms. The lowest BCUT2D eigenvalue weighted by Gasteiger charge is -2.14. The van der Waals surface area contributed by atoms with E-state index in [1.807, 2.05) is 31.3 Å². The van der Waals surface area contributed by atoms with Gasteiger partial charge in [0.15, 0.2) is 5.82 Å². The predicted octanol–water partition coefficient (Wildman–Crippen LogP) is 4.68. The number of hydrogen-bond acceptors (Lipinski definition) is 3. The number of nitrogens with one attached hydrogen (secondary N) is 1. The van der Waals surface area contributed by atoms with Gasteiger partial charge in [-0.2, -0.15) is 0 Å². The van der Waals surface area contributed by atoms with Crippen LogP contribution >= 0.6 is 38.5 Å². The molecule has 1 N–H and O–H groups in total. The molecule has 1 heterocycles. The summed E-state index contributed by atoms with van der Waals surface area (Å²) >= 11 is 5.86. The summed E-state index contributed by atoms with van der Waals surface area (Å²) < 4.78 is 2.10. The maximum atomic E-state index is 4.72. The molecule has 2 aromatic rings. The lowest BCUT2D eigenvalue weighted by Crippen LogP contribution is -2.06. The lowest BCUT2D eigenvalue weighted by molar-refractivity contribution is 0.809. The SMILES string of the molecule is CNc1nc(-c2ccccc2Br)nc(C(C)C)c1I. The zero-order chi connectivity index (χ0) is 14.0. The molecule has 0 atom stereocenters. The molecule has 0 aliphatic carbocycles. The Balaban J connectivity index is 2.65. The highest BCUT2D eigenvalue weighted by Crippen LogP contribution is 2.31. The highest BCUT2D eigenvalue weighted by molar-refractivity contribution is 14.1. The van der Waals surface area contributed by atoms with Gasteiger partial charge >= 0.3 is 0 Å². The first-order chi connectivity index (χ1) is 9.04. The van der Waals surface area contributed by atoms with Gasteiger partial charge in [-0.1, -0.05) is 48.0 Å².